The van der Waals surface area contributed by atoms with Crippen LogP contribution in [0.3, 0.4) is 0 Å². The molecule has 0 saturated carbocycles. The highest BCUT2D eigenvalue weighted by molar-refractivity contribution is 6.33. The summed E-state index contributed by atoms with van der Waals surface area (Å²) < 4.78 is 5.46. The Bertz CT molecular complexity index is 940. The molecule has 132 valence electrons. The van der Waals surface area contributed by atoms with Gasteiger partial charge in [-0.15, -0.1) is 0 Å². The van der Waals surface area contributed by atoms with Gasteiger partial charge in [0.2, 0.25) is 17.6 Å². The molecule has 1 atom stereocenters. The number of aromatic nitrogens is 2. The average molecular weight is 388 g/mol. The first-order valence-electron chi connectivity index (χ1n) is 8.24. The summed E-state index contributed by atoms with van der Waals surface area (Å²) in [6, 6.07) is 14.5. The summed E-state index contributed by atoms with van der Waals surface area (Å²) in [5.41, 5.74) is 1.71. The number of amides is 1. The number of likely N-dealkylation sites (tertiary alicyclic amines) is 1. The molecule has 2 heterocycles. The number of benzene rings is 2. The molecule has 1 saturated heterocycles. The maximum atomic E-state index is 12.3. The molecule has 5 nitrogen and oxygen atoms in total. The van der Waals surface area contributed by atoms with E-state index >= 15 is 0 Å². The van der Waals surface area contributed by atoms with Crippen molar-refractivity contribution in [2.24, 2.45) is 0 Å². The molecule has 0 bridgehead atoms. The van der Waals surface area contributed by atoms with E-state index in [2.05, 4.69) is 10.1 Å². The minimum atomic E-state index is -0.234. The van der Waals surface area contributed by atoms with Gasteiger partial charge in [0.15, 0.2) is 0 Å². The molecule has 4 rings (SSSR count). The molecule has 1 aliphatic heterocycles. The Morgan fingerprint density at radius 1 is 1.12 bits per heavy atom. The molecule has 7 heteroatoms. The lowest BCUT2D eigenvalue weighted by Crippen LogP contribution is -2.27. The molecule has 1 amide bonds. The Balaban J connectivity index is 1.59. The second-order valence-corrected chi connectivity index (χ2v) is 6.98. The number of carbonyl (C=O) groups is 1. The van der Waals surface area contributed by atoms with Crippen molar-refractivity contribution in [3.63, 3.8) is 0 Å². The molecule has 1 fully saturated rings. The molecule has 26 heavy (non-hydrogen) atoms. The molecule has 0 aliphatic carbocycles. The van der Waals surface area contributed by atoms with Crippen LogP contribution in [0.4, 0.5) is 0 Å². The lowest BCUT2D eigenvalue weighted by molar-refractivity contribution is -0.129. The van der Waals surface area contributed by atoms with Crippen LogP contribution >= 0.6 is 23.2 Å². The third-order valence-corrected chi connectivity index (χ3v) is 5.02. The van der Waals surface area contributed by atoms with Crippen LogP contribution in [0.1, 0.15) is 30.3 Å². The summed E-state index contributed by atoms with van der Waals surface area (Å²) in [5.74, 6) is 0.929. The molecular weight excluding hydrogens is 373 g/mol. The van der Waals surface area contributed by atoms with Crippen LogP contribution in [0.5, 0.6) is 0 Å². The maximum absolute atomic E-state index is 12.3. The third kappa shape index (κ3) is 3.32. The van der Waals surface area contributed by atoms with Gasteiger partial charge in [-0.1, -0.05) is 52.6 Å². The second-order valence-electron chi connectivity index (χ2n) is 6.14. The largest absolute Gasteiger partial charge is 0.337 e. The third-order valence-electron chi connectivity index (χ3n) is 4.44. The Morgan fingerprint density at radius 2 is 1.88 bits per heavy atom. The van der Waals surface area contributed by atoms with E-state index in [0.29, 0.717) is 46.7 Å². The van der Waals surface area contributed by atoms with Gasteiger partial charge in [-0.05, 0) is 36.2 Å². The van der Waals surface area contributed by atoms with Crippen LogP contribution in [0.2, 0.25) is 10.0 Å². The fraction of sp³-hybridized carbons (Fsp3) is 0.211. The van der Waals surface area contributed by atoms with E-state index in [9.17, 15) is 4.79 Å². The smallest absolute Gasteiger partial charge is 0.249 e. The monoisotopic (exact) mass is 387 g/mol. The molecule has 0 N–H and O–H groups in total. The fourth-order valence-corrected chi connectivity index (χ4v) is 3.44. The number of carbonyl (C=O) groups excluding carboxylic acids is 1. The Labute approximate surface area is 160 Å². The van der Waals surface area contributed by atoms with Crippen molar-refractivity contribution < 1.29 is 9.32 Å². The van der Waals surface area contributed by atoms with E-state index in [1.54, 1.807) is 11.0 Å². The van der Waals surface area contributed by atoms with Gasteiger partial charge in [0.25, 0.3) is 0 Å². The van der Waals surface area contributed by atoms with Gasteiger partial charge < -0.3 is 9.42 Å². The zero-order valence-corrected chi connectivity index (χ0v) is 15.2. The summed E-state index contributed by atoms with van der Waals surface area (Å²) >= 11 is 12.1. The standard InChI is InChI=1S/C19H15Cl2N3O2/c20-13-7-5-12(6-8-13)11-24-16(9-10-17(24)25)19-22-18(23-26-19)14-3-1-2-4-15(14)21/h1-8,16H,9-11H2. The van der Waals surface area contributed by atoms with Gasteiger partial charge in [0.1, 0.15) is 6.04 Å². The van der Waals surface area contributed by atoms with E-state index in [1.165, 1.54) is 0 Å². The van der Waals surface area contributed by atoms with E-state index in [-0.39, 0.29) is 11.9 Å². The van der Waals surface area contributed by atoms with Crippen LogP contribution in [-0.4, -0.2) is 20.9 Å². The van der Waals surface area contributed by atoms with Gasteiger partial charge in [0, 0.05) is 23.6 Å². The van der Waals surface area contributed by atoms with Crippen molar-refractivity contribution in [2.45, 2.75) is 25.4 Å². The number of halogens is 2. The molecular formula is C19H15Cl2N3O2. The quantitative estimate of drug-likeness (QED) is 0.638. The van der Waals surface area contributed by atoms with Crippen LogP contribution in [0.15, 0.2) is 53.1 Å². The van der Waals surface area contributed by atoms with Crippen molar-refractivity contribution in [1.29, 1.82) is 0 Å². The van der Waals surface area contributed by atoms with Crippen molar-refractivity contribution in [1.82, 2.24) is 15.0 Å². The highest BCUT2D eigenvalue weighted by Crippen LogP contribution is 2.35. The van der Waals surface area contributed by atoms with Gasteiger partial charge >= 0.3 is 0 Å². The van der Waals surface area contributed by atoms with Crippen molar-refractivity contribution in [3.05, 3.63) is 70.0 Å². The zero-order chi connectivity index (χ0) is 18.1. The molecule has 0 radical (unpaired) electrons. The average Bonchev–Trinajstić information content (AvgIpc) is 3.25. The predicted octanol–water partition coefficient (Wildman–Crippen LogP) is 4.91. The van der Waals surface area contributed by atoms with Crippen molar-refractivity contribution in [3.8, 4) is 11.4 Å². The number of hydrogen-bond donors (Lipinski definition) is 0. The summed E-state index contributed by atoms with van der Waals surface area (Å²) in [4.78, 5) is 18.6. The highest BCUT2D eigenvalue weighted by Gasteiger charge is 2.36. The van der Waals surface area contributed by atoms with Crippen molar-refractivity contribution in [2.75, 3.05) is 0 Å². The maximum Gasteiger partial charge on any atom is 0.249 e. The van der Waals surface area contributed by atoms with Crippen molar-refractivity contribution >= 4 is 29.1 Å². The topological polar surface area (TPSA) is 59.2 Å². The summed E-state index contributed by atoms with van der Waals surface area (Å²) in [6.45, 7) is 0.477. The number of nitrogens with zero attached hydrogens (tertiary/aromatic N) is 3. The number of rotatable bonds is 4. The van der Waals surface area contributed by atoms with E-state index in [4.69, 9.17) is 27.7 Å². The Hall–Kier alpha value is -2.37. The van der Waals surface area contributed by atoms with Crippen LogP contribution in [0, 0.1) is 0 Å². The lowest BCUT2D eigenvalue weighted by atomic mass is 10.1. The lowest BCUT2D eigenvalue weighted by Gasteiger charge is -2.22. The van der Waals surface area contributed by atoms with Crippen LogP contribution < -0.4 is 0 Å². The van der Waals surface area contributed by atoms with Gasteiger partial charge in [-0.25, -0.2) is 0 Å². The first-order chi connectivity index (χ1) is 12.6. The SMILES string of the molecule is O=C1CCC(c2nc(-c3ccccc3Cl)no2)N1Cc1ccc(Cl)cc1. The molecule has 2 aromatic carbocycles. The molecule has 1 aromatic heterocycles. The van der Waals surface area contributed by atoms with E-state index < -0.39 is 0 Å². The normalized spacial score (nSPS) is 17.1. The Morgan fingerprint density at radius 3 is 2.65 bits per heavy atom. The van der Waals surface area contributed by atoms with Crippen LogP contribution in [-0.2, 0) is 11.3 Å². The van der Waals surface area contributed by atoms with Gasteiger partial charge in [0.05, 0.1) is 5.02 Å². The molecule has 0 spiro atoms. The highest BCUT2D eigenvalue weighted by atomic mass is 35.5. The van der Waals surface area contributed by atoms with Gasteiger partial charge in [-0.3, -0.25) is 4.79 Å². The summed E-state index contributed by atoms with van der Waals surface area (Å²) in [5, 5.41) is 5.27. The molecule has 1 aliphatic rings. The van der Waals surface area contributed by atoms with E-state index in [1.807, 2.05) is 42.5 Å². The van der Waals surface area contributed by atoms with Crippen LogP contribution in [0.25, 0.3) is 11.4 Å². The fourth-order valence-electron chi connectivity index (χ4n) is 3.10. The molecule has 1 unspecified atom stereocenters. The van der Waals surface area contributed by atoms with Gasteiger partial charge in [-0.2, -0.15) is 4.98 Å². The second kappa shape index (κ2) is 7.09. The molecule has 3 aromatic rings. The minimum absolute atomic E-state index is 0.0717. The first kappa shape index (κ1) is 17.1. The van der Waals surface area contributed by atoms with E-state index in [0.717, 1.165) is 5.56 Å². The predicted molar refractivity (Wildman–Crippen MR) is 98.7 cm³/mol. The number of hydrogen-bond acceptors (Lipinski definition) is 4. The summed E-state index contributed by atoms with van der Waals surface area (Å²) in [7, 11) is 0. The first-order valence-corrected chi connectivity index (χ1v) is 9.00. The summed E-state index contributed by atoms with van der Waals surface area (Å²) in [6.07, 6.45) is 1.11. The Kier molecular flexibility index (Phi) is 4.66. The zero-order valence-electron chi connectivity index (χ0n) is 13.7. The minimum Gasteiger partial charge on any atom is -0.337 e.